The molecule has 1 aromatic rings. The molecule has 0 atom stereocenters. The second-order valence-corrected chi connectivity index (χ2v) is 3.84. The molecule has 1 heterocycles. The van der Waals surface area contributed by atoms with Gasteiger partial charge in [-0.2, -0.15) is 0 Å². The normalized spacial score (nSPS) is 10.4. The number of ether oxygens (including phenoxy) is 1. The number of hydrogen-bond acceptors (Lipinski definition) is 5. The number of furan rings is 1. The van der Waals surface area contributed by atoms with E-state index in [9.17, 15) is 9.59 Å². The maximum atomic E-state index is 11.3. The molecule has 1 aromatic heterocycles. The zero-order chi connectivity index (χ0) is 14.1. The fourth-order valence-corrected chi connectivity index (χ4v) is 1.38. The summed E-state index contributed by atoms with van der Waals surface area (Å²) in [7, 11) is 1.57. The minimum absolute atomic E-state index is 0.0600. The molecule has 0 fully saturated rings. The summed E-state index contributed by atoms with van der Waals surface area (Å²) in [5, 5.41) is 14.4. The van der Waals surface area contributed by atoms with Gasteiger partial charge >= 0.3 is 5.97 Å². The molecule has 19 heavy (non-hydrogen) atoms. The molecule has 0 spiro atoms. The number of carbonyl (C=O) groups is 2. The molecule has 7 nitrogen and oxygen atoms in total. The highest BCUT2D eigenvalue weighted by Gasteiger charge is 2.08. The molecule has 1 amide bonds. The summed E-state index contributed by atoms with van der Waals surface area (Å²) in [6.07, 6.45) is 0.343. The minimum Gasteiger partial charge on any atom is -0.475 e. The van der Waals surface area contributed by atoms with Gasteiger partial charge in [-0.1, -0.05) is 0 Å². The van der Waals surface area contributed by atoms with Crippen LogP contribution in [0.5, 0.6) is 0 Å². The second kappa shape index (κ2) is 8.28. The van der Waals surface area contributed by atoms with E-state index < -0.39 is 5.97 Å². The van der Waals surface area contributed by atoms with E-state index in [-0.39, 0.29) is 11.7 Å². The van der Waals surface area contributed by atoms with Gasteiger partial charge < -0.3 is 24.9 Å². The summed E-state index contributed by atoms with van der Waals surface area (Å²) in [5.41, 5.74) is 0. The molecule has 0 aliphatic rings. The summed E-state index contributed by atoms with van der Waals surface area (Å²) in [4.78, 5) is 21.9. The van der Waals surface area contributed by atoms with E-state index in [2.05, 4.69) is 10.6 Å². The van der Waals surface area contributed by atoms with Gasteiger partial charge in [0.1, 0.15) is 5.76 Å². The van der Waals surface area contributed by atoms with Crippen molar-refractivity contribution >= 4 is 11.9 Å². The number of amides is 1. The minimum atomic E-state index is -1.09. The van der Waals surface area contributed by atoms with Crippen LogP contribution in [-0.4, -0.2) is 43.8 Å². The first kappa shape index (κ1) is 15.2. The summed E-state index contributed by atoms with van der Waals surface area (Å²) in [5.74, 6) is -0.717. The highest BCUT2D eigenvalue weighted by molar-refractivity contribution is 5.84. The van der Waals surface area contributed by atoms with E-state index in [0.717, 1.165) is 0 Å². The number of rotatable bonds is 9. The quantitative estimate of drug-likeness (QED) is 0.555. The van der Waals surface area contributed by atoms with E-state index in [1.165, 1.54) is 6.07 Å². The first-order valence-electron chi connectivity index (χ1n) is 5.92. The van der Waals surface area contributed by atoms with Crippen LogP contribution < -0.4 is 10.6 Å². The Bertz CT molecular complexity index is 416. The summed E-state index contributed by atoms with van der Waals surface area (Å²) in [6, 6.07) is 2.99. The molecule has 0 saturated heterocycles. The Kier molecular flexibility index (Phi) is 6.62. The van der Waals surface area contributed by atoms with Crippen molar-refractivity contribution in [1.29, 1.82) is 0 Å². The predicted molar refractivity (Wildman–Crippen MR) is 66.9 cm³/mol. The van der Waals surface area contributed by atoms with Gasteiger partial charge in [-0.15, -0.1) is 0 Å². The van der Waals surface area contributed by atoms with Crippen molar-refractivity contribution in [2.45, 2.75) is 13.0 Å². The van der Waals surface area contributed by atoms with Gasteiger partial charge in [0.2, 0.25) is 11.7 Å². The highest BCUT2D eigenvalue weighted by Crippen LogP contribution is 2.07. The molecule has 0 bridgehead atoms. The molecule has 0 aliphatic carbocycles. The monoisotopic (exact) mass is 270 g/mol. The maximum absolute atomic E-state index is 11.3. The van der Waals surface area contributed by atoms with Crippen LogP contribution in [0.2, 0.25) is 0 Å². The zero-order valence-corrected chi connectivity index (χ0v) is 10.8. The van der Waals surface area contributed by atoms with Crippen molar-refractivity contribution in [3.8, 4) is 0 Å². The fraction of sp³-hybridized carbons (Fsp3) is 0.500. The third-order valence-electron chi connectivity index (χ3n) is 2.33. The van der Waals surface area contributed by atoms with Crippen LogP contribution in [0.4, 0.5) is 0 Å². The standard InChI is InChI=1S/C12H18N2O5/c1-18-7-6-14-11(15)4-5-13-8-9-2-3-10(19-9)12(16)17/h2-3,13H,4-8H2,1H3,(H,14,15)(H,16,17). The fourth-order valence-electron chi connectivity index (χ4n) is 1.38. The van der Waals surface area contributed by atoms with Gasteiger partial charge in [0.25, 0.3) is 0 Å². The lowest BCUT2D eigenvalue weighted by molar-refractivity contribution is -0.121. The first-order chi connectivity index (χ1) is 9.13. The van der Waals surface area contributed by atoms with Gasteiger partial charge in [0, 0.05) is 26.6 Å². The van der Waals surface area contributed by atoms with Crippen LogP contribution in [0.15, 0.2) is 16.5 Å². The molecule has 1 rings (SSSR count). The second-order valence-electron chi connectivity index (χ2n) is 3.84. The predicted octanol–water partition coefficient (Wildman–Crippen LogP) is 0.220. The Balaban J connectivity index is 2.13. The van der Waals surface area contributed by atoms with E-state index in [1.807, 2.05) is 0 Å². The van der Waals surface area contributed by atoms with Crippen molar-refractivity contribution < 1.29 is 23.8 Å². The van der Waals surface area contributed by atoms with Crippen molar-refractivity contribution in [3.05, 3.63) is 23.7 Å². The molecule has 106 valence electrons. The lowest BCUT2D eigenvalue weighted by Gasteiger charge is -2.05. The molecule has 0 unspecified atom stereocenters. The van der Waals surface area contributed by atoms with E-state index in [0.29, 0.717) is 38.4 Å². The van der Waals surface area contributed by atoms with Crippen LogP contribution in [0.25, 0.3) is 0 Å². The van der Waals surface area contributed by atoms with E-state index >= 15 is 0 Å². The topological polar surface area (TPSA) is 101 Å². The Morgan fingerprint density at radius 3 is 2.79 bits per heavy atom. The summed E-state index contributed by atoms with van der Waals surface area (Å²) < 4.78 is 9.86. The Labute approximate surface area is 110 Å². The largest absolute Gasteiger partial charge is 0.475 e. The van der Waals surface area contributed by atoms with Gasteiger partial charge in [-0.3, -0.25) is 4.79 Å². The number of carboxylic acids is 1. The lowest BCUT2D eigenvalue weighted by Crippen LogP contribution is -2.29. The lowest BCUT2D eigenvalue weighted by atomic mass is 10.3. The van der Waals surface area contributed by atoms with Crippen molar-refractivity contribution in [2.75, 3.05) is 26.8 Å². The van der Waals surface area contributed by atoms with Crippen LogP contribution in [0.1, 0.15) is 22.7 Å². The third-order valence-corrected chi connectivity index (χ3v) is 2.33. The Morgan fingerprint density at radius 1 is 1.37 bits per heavy atom. The number of methoxy groups -OCH3 is 1. The van der Waals surface area contributed by atoms with Crippen LogP contribution >= 0.6 is 0 Å². The smallest absolute Gasteiger partial charge is 0.371 e. The average molecular weight is 270 g/mol. The molecule has 0 aromatic carbocycles. The van der Waals surface area contributed by atoms with Crippen molar-refractivity contribution in [2.24, 2.45) is 0 Å². The SMILES string of the molecule is COCCNC(=O)CCNCc1ccc(C(=O)O)o1. The molecule has 3 N–H and O–H groups in total. The van der Waals surface area contributed by atoms with E-state index in [1.54, 1.807) is 13.2 Å². The van der Waals surface area contributed by atoms with E-state index in [4.69, 9.17) is 14.3 Å². The summed E-state index contributed by atoms with van der Waals surface area (Å²) in [6.45, 7) is 1.86. The van der Waals surface area contributed by atoms with Crippen LogP contribution in [0, 0.1) is 0 Å². The Morgan fingerprint density at radius 2 is 2.16 bits per heavy atom. The van der Waals surface area contributed by atoms with Gasteiger partial charge in [-0.25, -0.2) is 4.79 Å². The number of hydrogen-bond donors (Lipinski definition) is 3. The first-order valence-corrected chi connectivity index (χ1v) is 5.92. The van der Waals surface area contributed by atoms with Crippen molar-refractivity contribution in [3.63, 3.8) is 0 Å². The molecule has 7 heteroatoms. The van der Waals surface area contributed by atoms with Crippen LogP contribution in [-0.2, 0) is 16.1 Å². The maximum Gasteiger partial charge on any atom is 0.371 e. The van der Waals surface area contributed by atoms with Gasteiger partial charge in [-0.05, 0) is 12.1 Å². The molecule has 0 saturated carbocycles. The summed E-state index contributed by atoms with van der Waals surface area (Å²) >= 11 is 0. The third kappa shape index (κ3) is 6.03. The van der Waals surface area contributed by atoms with Gasteiger partial charge in [0.05, 0.1) is 13.2 Å². The molecular formula is C12H18N2O5. The molecular weight excluding hydrogens is 252 g/mol. The van der Waals surface area contributed by atoms with Gasteiger partial charge in [0.15, 0.2) is 0 Å². The molecule has 0 aliphatic heterocycles. The Hall–Kier alpha value is -1.86. The number of nitrogens with one attached hydrogen (secondary N) is 2. The molecule has 0 radical (unpaired) electrons. The average Bonchev–Trinajstić information content (AvgIpc) is 2.84. The van der Waals surface area contributed by atoms with Crippen molar-refractivity contribution in [1.82, 2.24) is 10.6 Å². The number of carbonyl (C=O) groups excluding carboxylic acids is 1. The highest BCUT2D eigenvalue weighted by atomic mass is 16.5. The van der Waals surface area contributed by atoms with Crippen LogP contribution in [0.3, 0.4) is 0 Å². The number of aromatic carboxylic acids is 1. The zero-order valence-electron chi connectivity index (χ0n) is 10.8. The number of carboxylic acid groups (broad SMARTS) is 1.